The van der Waals surface area contributed by atoms with Gasteiger partial charge in [0.15, 0.2) is 5.58 Å². The number of fused-ring (bicyclic) bond motifs is 13. The molecule has 5 aromatic heterocycles. The molecule has 7 aromatic carbocycles. The van der Waals surface area contributed by atoms with E-state index in [2.05, 4.69) is 130 Å². The monoisotopic (exact) mass is 650 g/mol. The summed E-state index contributed by atoms with van der Waals surface area (Å²) < 4.78 is 11.2. The maximum absolute atomic E-state index is 6.49. The minimum absolute atomic E-state index is 0.613. The second kappa shape index (κ2) is 9.80. The Labute approximate surface area is 290 Å². The van der Waals surface area contributed by atoms with Gasteiger partial charge in [0.2, 0.25) is 5.95 Å². The van der Waals surface area contributed by atoms with E-state index in [1.807, 2.05) is 36.4 Å². The first-order valence-electron chi connectivity index (χ1n) is 17.3. The van der Waals surface area contributed by atoms with E-state index in [0.717, 1.165) is 38.8 Å². The van der Waals surface area contributed by atoms with Crippen molar-refractivity contribution in [1.82, 2.24) is 18.9 Å². The number of furan rings is 1. The summed E-state index contributed by atoms with van der Waals surface area (Å²) in [5, 5.41) is 8.27. The van der Waals surface area contributed by atoms with Crippen LogP contribution in [0.1, 0.15) is 0 Å². The third-order valence-corrected chi connectivity index (χ3v) is 10.7. The third kappa shape index (κ3) is 3.54. The van der Waals surface area contributed by atoms with Gasteiger partial charge >= 0.3 is 0 Å². The summed E-state index contributed by atoms with van der Waals surface area (Å²) in [6.07, 6.45) is 0. The van der Waals surface area contributed by atoms with E-state index in [-0.39, 0.29) is 0 Å². The molecule has 0 spiro atoms. The molecule has 5 nitrogen and oxygen atoms in total. The van der Waals surface area contributed by atoms with Gasteiger partial charge in [-0.25, -0.2) is 9.97 Å². The summed E-state index contributed by atoms with van der Waals surface area (Å²) in [5.41, 5.74) is 12.2. The van der Waals surface area contributed by atoms with Gasteiger partial charge in [-0.1, -0.05) is 115 Å². The molecule has 0 radical (unpaired) electrons. The summed E-state index contributed by atoms with van der Waals surface area (Å²) in [7, 11) is 0. The van der Waals surface area contributed by atoms with Crippen LogP contribution in [0.25, 0.3) is 110 Å². The third-order valence-electron chi connectivity index (χ3n) is 10.7. The van der Waals surface area contributed by atoms with Crippen LogP contribution in [0.3, 0.4) is 0 Å². The topological polar surface area (TPSA) is 48.3 Å². The molecule has 0 N–H and O–H groups in total. The number of para-hydroxylation sites is 3. The maximum atomic E-state index is 6.49. The van der Waals surface area contributed by atoms with E-state index in [9.17, 15) is 0 Å². The summed E-state index contributed by atoms with van der Waals surface area (Å²) in [5.74, 6) is 0.613. The second-order valence-electron chi connectivity index (χ2n) is 13.4. The lowest BCUT2D eigenvalue weighted by atomic mass is 9.99. The van der Waals surface area contributed by atoms with Crippen molar-refractivity contribution in [2.45, 2.75) is 0 Å². The van der Waals surface area contributed by atoms with Gasteiger partial charge in [0, 0.05) is 43.3 Å². The van der Waals surface area contributed by atoms with Gasteiger partial charge < -0.3 is 8.82 Å². The van der Waals surface area contributed by atoms with Crippen molar-refractivity contribution in [2.24, 2.45) is 0 Å². The standard InChI is InChI=1S/C46H26N4O/c1-3-13-27(14-4-1)29-23-24-37-34(25-29)40-38(26-33-30-17-7-10-20-35(30)49-36-21-11-8-18-31(36)41(40)44(33)49)50(37)46-47-42(28-15-5-2-6-16-28)45-43(48-46)32-19-9-12-22-39(32)51-45/h1-26H. The minimum Gasteiger partial charge on any atom is -0.452 e. The lowest BCUT2D eigenvalue weighted by molar-refractivity contribution is 0.666. The normalized spacial score (nSPS) is 12.3. The Morgan fingerprint density at radius 3 is 1.90 bits per heavy atom. The first-order valence-corrected chi connectivity index (χ1v) is 17.3. The number of hydrogen-bond donors (Lipinski definition) is 0. The van der Waals surface area contributed by atoms with Crippen molar-refractivity contribution in [3.8, 4) is 28.3 Å². The molecule has 0 aliphatic rings. The average molecular weight is 651 g/mol. The lowest BCUT2D eigenvalue weighted by Crippen LogP contribution is -2.03. The smallest absolute Gasteiger partial charge is 0.236 e. The minimum atomic E-state index is 0.613. The van der Waals surface area contributed by atoms with Crippen molar-refractivity contribution in [3.05, 3.63) is 158 Å². The lowest BCUT2D eigenvalue weighted by Gasteiger charge is -2.10. The predicted octanol–water partition coefficient (Wildman–Crippen LogP) is 12.0. The van der Waals surface area contributed by atoms with E-state index in [0.29, 0.717) is 11.5 Å². The summed E-state index contributed by atoms with van der Waals surface area (Å²) in [4.78, 5) is 10.8. The fourth-order valence-electron chi connectivity index (χ4n) is 8.51. The molecule has 0 aliphatic heterocycles. The number of hydrogen-bond acceptors (Lipinski definition) is 3. The van der Waals surface area contributed by atoms with Crippen LogP contribution in [0, 0.1) is 0 Å². The fraction of sp³-hybridized carbons (Fsp3) is 0. The van der Waals surface area contributed by atoms with Crippen molar-refractivity contribution in [1.29, 1.82) is 0 Å². The van der Waals surface area contributed by atoms with Crippen LogP contribution < -0.4 is 0 Å². The Bertz CT molecular complexity index is 3350. The molecule has 0 saturated carbocycles. The first kappa shape index (κ1) is 26.9. The molecule has 236 valence electrons. The van der Waals surface area contributed by atoms with E-state index in [1.54, 1.807) is 0 Å². The maximum Gasteiger partial charge on any atom is 0.236 e. The zero-order chi connectivity index (χ0) is 33.2. The van der Waals surface area contributed by atoms with Crippen LogP contribution in [-0.4, -0.2) is 18.9 Å². The molecular weight excluding hydrogens is 625 g/mol. The van der Waals surface area contributed by atoms with Gasteiger partial charge in [-0.3, -0.25) is 4.57 Å². The van der Waals surface area contributed by atoms with Gasteiger partial charge in [0.1, 0.15) is 16.8 Å². The fourth-order valence-corrected chi connectivity index (χ4v) is 8.51. The Kier molecular flexibility index (Phi) is 5.17. The Hall–Kier alpha value is -6.98. The molecule has 12 aromatic rings. The van der Waals surface area contributed by atoms with Gasteiger partial charge in [-0.15, -0.1) is 0 Å². The number of nitrogens with zero attached hydrogens (tertiary/aromatic N) is 4. The second-order valence-corrected chi connectivity index (χ2v) is 13.4. The van der Waals surface area contributed by atoms with Gasteiger partial charge in [-0.05, 0) is 53.6 Å². The molecule has 5 heteroatoms. The van der Waals surface area contributed by atoms with E-state index < -0.39 is 0 Å². The van der Waals surface area contributed by atoms with Crippen LogP contribution in [0.5, 0.6) is 0 Å². The van der Waals surface area contributed by atoms with Crippen molar-refractivity contribution in [3.63, 3.8) is 0 Å². The van der Waals surface area contributed by atoms with Gasteiger partial charge in [0.05, 0.1) is 27.6 Å². The zero-order valence-electron chi connectivity index (χ0n) is 27.2. The van der Waals surface area contributed by atoms with E-state index in [1.165, 1.54) is 60.0 Å². The molecule has 0 aliphatic carbocycles. The van der Waals surface area contributed by atoms with Gasteiger partial charge in [-0.2, -0.15) is 0 Å². The van der Waals surface area contributed by atoms with E-state index in [4.69, 9.17) is 14.4 Å². The summed E-state index contributed by atoms with van der Waals surface area (Å²) in [6, 6.07) is 55.8. The van der Waals surface area contributed by atoms with Crippen LogP contribution in [0.2, 0.25) is 0 Å². The molecule has 0 unspecified atom stereocenters. The predicted molar refractivity (Wildman–Crippen MR) is 209 cm³/mol. The van der Waals surface area contributed by atoms with E-state index >= 15 is 0 Å². The van der Waals surface area contributed by atoms with Crippen molar-refractivity contribution < 1.29 is 4.42 Å². The summed E-state index contributed by atoms with van der Waals surface area (Å²) >= 11 is 0. The van der Waals surface area contributed by atoms with Crippen LogP contribution in [0.15, 0.2) is 162 Å². The molecule has 0 saturated heterocycles. The Balaban J connectivity index is 1.31. The highest BCUT2D eigenvalue weighted by atomic mass is 16.3. The molecular formula is C46H26N4O. The number of benzene rings is 7. The van der Waals surface area contributed by atoms with Crippen molar-refractivity contribution >= 4 is 82.0 Å². The highest BCUT2D eigenvalue weighted by Gasteiger charge is 2.26. The Morgan fingerprint density at radius 2 is 1.10 bits per heavy atom. The quantitative estimate of drug-likeness (QED) is 0.191. The largest absolute Gasteiger partial charge is 0.452 e. The van der Waals surface area contributed by atoms with Gasteiger partial charge in [0.25, 0.3) is 0 Å². The molecule has 0 atom stereocenters. The number of aromatic nitrogens is 4. The highest BCUT2D eigenvalue weighted by molar-refractivity contribution is 6.35. The first-order chi connectivity index (χ1) is 25.3. The molecule has 0 amide bonds. The van der Waals surface area contributed by atoms with Crippen LogP contribution in [-0.2, 0) is 0 Å². The summed E-state index contributed by atoms with van der Waals surface area (Å²) in [6.45, 7) is 0. The molecule has 5 heterocycles. The van der Waals surface area contributed by atoms with Crippen LogP contribution >= 0.6 is 0 Å². The highest BCUT2D eigenvalue weighted by Crippen LogP contribution is 2.47. The van der Waals surface area contributed by atoms with Crippen LogP contribution in [0.4, 0.5) is 0 Å². The molecule has 0 bridgehead atoms. The zero-order valence-corrected chi connectivity index (χ0v) is 27.2. The Morgan fingerprint density at radius 1 is 0.431 bits per heavy atom. The molecule has 51 heavy (non-hydrogen) atoms. The molecule has 0 fully saturated rings. The number of rotatable bonds is 3. The SMILES string of the molecule is c1ccc(-c2ccc3c(c2)c2c4c5ccccc5n5c6ccccc6c(cc2n3-c2nc(-c3ccccc3)c3oc6ccccc6c3n2)c45)cc1. The van der Waals surface area contributed by atoms with Crippen molar-refractivity contribution in [2.75, 3.05) is 0 Å². The molecule has 12 rings (SSSR count). The average Bonchev–Trinajstić information content (AvgIpc) is 3.93.